The van der Waals surface area contributed by atoms with Gasteiger partial charge < -0.3 is 24.4 Å². The number of piperidine rings is 1. The van der Waals surface area contributed by atoms with Crippen molar-refractivity contribution in [2.24, 2.45) is 17.8 Å². The van der Waals surface area contributed by atoms with Crippen LogP contribution < -0.4 is 14.8 Å². The molecule has 1 saturated carbocycles. The van der Waals surface area contributed by atoms with Gasteiger partial charge in [0.15, 0.2) is 11.5 Å². The predicted molar refractivity (Wildman–Crippen MR) is 103 cm³/mol. The van der Waals surface area contributed by atoms with Crippen LogP contribution in [0.5, 0.6) is 11.5 Å². The zero-order valence-corrected chi connectivity index (χ0v) is 16.9. The van der Waals surface area contributed by atoms with Crippen LogP contribution >= 0.6 is 0 Å². The van der Waals surface area contributed by atoms with Crippen molar-refractivity contribution in [2.45, 2.75) is 39.3 Å². The third-order valence-electron chi connectivity index (χ3n) is 5.80. The molecule has 152 valence electrons. The number of rotatable bonds is 3. The summed E-state index contributed by atoms with van der Waals surface area (Å²) in [6.45, 7) is 9.78. The molecular weight excluding hydrogens is 360 g/mol. The van der Waals surface area contributed by atoms with E-state index in [4.69, 9.17) is 14.2 Å². The lowest BCUT2D eigenvalue weighted by Crippen LogP contribution is -2.48. The molecule has 0 aromatic heterocycles. The van der Waals surface area contributed by atoms with Gasteiger partial charge in [0.05, 0.1) is 11.6 Å². The van der Waals surface area contributed by atoms with Crippen LogP contribution in [0.1, 0.15) is 38.1 Å². The van der Waals surface area contributed by atoms with Crippen LogP contribution in [0.3, 0.4) is 0 Å². The molecule has 2 heterocycles. The molecule has 0 radical (unpaired) electrons. The highest BCUT2D eigenvalue weighted by atomic mass is 16.6. The molecule has 3 aliphatic rings. The molecule has 0 bridgehead atoms. The van der Waals surface area contributed by atoms with E-state index < -0.39 is 5.60 Å². The minimum Gasteiger partial charge on any atom is -0.486 e. The SMILES string of the molecule is C[C@@H]1[C@@H]2CN(C(=O)OC(C)(C)C)[C@H](CNC(=O)c3cccc4c3OCCO4)[C@H]12. The zero-order chi connectivity index (χ0) is 20.1. The Morgan fingerprint density at radius 2 is 2.00 bits per heavy atom. The Hall–Kier alpha value is -2.44. The Bertz CT molecular complexity index is 787. The maximum Gasteiger partial charge on any atom is 0.410 e. The predicted octanol–water partition coefficient (Wildman–Crippen LogP) is 2.69. The van der Waals surface area contributed by atoms with Gasteiger partial charge in [-0.25, -0.2) is 4.79 Å². The maximum atomic E-state index is 12.8. The molecule has 7 nitrogen and oxygen atoms in total. The highest BCUT2D eigenvalue weighted by molar-refractivity contribution is 5.97. The Morgan fingerprint density at radius 1 is 1.25 bits per heavy atom. The van der Waals surface area contributed by atoms with E-state index in [-0.39, 0.29) is 18.0 Å². The number of hydrogen-bond acceptors (Lipinski definition) is 5. The quantitative estimate of drug-likeness (QED) is 0.862. The fourth-order valence-electron chi connectivity index (χ4n) is 4.40. The Kier molecular flexibility index (Phi) is 4.63. The van der Waals surface area contributed by atoms with Gasteiger partial charge in [0.1, 0.15) is 18.8 Å². The fourth-order valence-corrected chi connectivity index (χ4v) is 4.40. The molecule has 1 aromatic carbocycles. The minimum atomic E-state index is -0.538. The van der Waals surface area contributed by atoms with Gasteiger partial charge in [0, 0.05) is 13.1 Å². The average Bonchev–Trinajstić information content (AvgIpc) is 3.10. The van der Waals surface area contributed by atoms with E-state index in [1.807, 2.05) is 20.8 Å². The number of nitrogens with zero attached hydrogens (tertiary/aromatic N) is 1. The van der Waals surface area contributed by atoms with Crippen molar-refractivity contribution in [2.75, 3.05) is 26.3 Å². The molecule has 1 saturated heterocycles. The summed E-state index contributed by atoms with van der Waals surface area (Å²) in [6, 6.07) is 5.26. The molecule has 1 aromatic rings. The van der Waals surface area contributed by atoms with Gasteiger partial charge in [-0.1, -0.05) is 13.0 Å². The molecule has 0 unspecified atom stereocenters. The molecule has 2 fully saturated rings. The number of likely N-dealkylation sites (tertiary alicyclic amines) is 1. The number of para-hydroxylation sites is 1. The van der Waals surface area contributed by atoms with E-state index in [1.54, 1.807) is 23.1 Å². The lowest BCUT2D eigenvalue weighted by atomic mass is 10.1. The first kappa shape index (κ1) is 18.9. The largest absolute Gasteiger partial charge is 0.486 e. The smallest absolute Gasteiger partial charge is 0.410 e. The Morgan fingerprint density at radius 3 is 2.75 bits per heavy atom. The zero-order valence-electron chi connectivity index (χ0n) is 16.9. The highest BCUT2D eigenvalue weighted by Crippen LogP contribution is 2.55. The summed E-state index contributed by atoms with van der Waals surface area (Å²) in [5.74, 6) is 2.34. The van der Waals surface area contributed by atoms with Crippen LogP contribution in [-0.2, 0) is 4.74 Å². The average molecular weight is 388 g/mol. The third kappa shape index (κ3) is 3.50. The van der Waals surface area contributed by atoms with Crippen LogP contribution in [-0.4, -0.2) is 54.8 Å². The standard InChI is InChI=1S/C21H28N2O5/c1-12-14-11-23(20(25)28-21(2,3)4)15(17(12)14)10-22-19(24)13-6-5-7-16-18(13)27-9-8-26-16/h5-7,12,14-15,17H,8-11H2,1-4H3,(H,22,24)/t12-,14+,15-,17-/m1/s1. The van der Waals surface area contributed by atoms with Crippen molar-refractivity contribution in [1.29, 1.82) is 0 Å². The first-order chi connectivity index (χ1) is 13.3. The van der Waals surface area contributed by atoms with E-state index in [0.717, 1.165) is 0 Å². The fraction of sp³-hybridized carbons (Fsp3) is 0.619. The van der Waals surface area contributed by atoms with Crippen molar-refractivity contribution in [3.05, 3.63) is 23.8 Å². The second kappa shape index (κ2) is 6.87. The number of hydrogen-bond donors (Lipinski definition) is 1. The molecule has 2 aliphatic heterocycles. The molecular formula is C21H28N2O5. The van der Waals surface area contributed by atoms with Gasteiger partial charge in [-0.2, -0.15) is 0 Å². The topological polar surface area (TPSA) is 77.1 Å². The van der Waals surface area contributed by atoms with Gasteiger partial charge in [-0.3, -0.25) is 4.79 Å². The van der Waals surface area contributed by atoms with Crippen molar-refractivity contribution < 1.29 is 23.8 Å². The van der Waals surface area contributed by atoms with Crippen molar-refractivity contribution in [3.8, 4) is 11.5 Å². The summed E-state index contributed by atoms with van der Waals surface area (Å²) in [5.41, 5.74) is -0.0802. The summed E-state index contributed by atoms with van der Waals surface area (Å²) < 4.78 is 16.7. The van der Waals surface area contributed by atoms with E-state index in [9.17, 15) is 9.59 Å². The summed E-state index contributed by atoms with van der Waals surface area (Å²) >= 11 is 0. The number of ether oxygens (including phenoxy) is 3. The first-order valence-corrected chi connectivity index (χ1v) is 9.92. The molecule has 2 amide bonds. The number of carbonyl (C=O) groups excluding carboxylic acids is 2. The lowest BCUT2D eigenvalue weighted by Gasteiger charge is -2.31. The van der Waals surface area contributed by atoms with Crippen LogP contribution in [0.4, 0.5) is 4.79 Å². The monoisotopic (exact) mass is 388 g/mol. The summed E-state index contributed by atoms with van der Waals surface area (Å²) in [6.07, 6.45) is -0.306. The third-order valence-corrected chi connectivity index (χ3v) is 5.80. The molecule has 7 heteroatoms. The number of fused-ring (bicyclic) bond motifs is 2. The number of benzene rings is 1. The molecule has 1 aliphatic carbocycles. The van der Waals surface area contributed by atoms with Gasteiger partial charge in [0.2, 0.25) is 0 Å². The highest BCUT2D eigenvalue weighted by Gasteiger charge is 2.60. The summed E-state index contributed by atoms with van der Waals surface area (Å²) in [4.78, 5) is 27.2. The van der Waals surface area contributed by atoms with Crippen LogP contribution in [0.2, 0.25) is 0 Å². The molecule has 4 atom stereocenters. The number of nitrogens with one attached hydrogen (secondary N) is 1. The Balaban J connectivity index is 1.44. The second-order valence-corrected chi connectivity index (χ2v) is 8.84. The molecule has 1 N–H and O–H groups in total. The van der Waals surface area contributed by atoms with E-state index in [0.29, 0.717) is 61.1 Å². The lowest BCUT2D eigenvalue weighted by molar-refractivity contribution is 0.0181. The van der Waals surface area contributed by atoms with Crippen LogP contribution in [0, 0.1) is 17.8 Å². The van der Waals surface area contributed by atoms with E-state index in [1.165, 1.54) is 0 Å². The minimum absolute atomic E-state index is 0.0458. The summed E-state index contributed by atoms with van der Waals surface area (Å²) in [5, 5.41) is 2.99. The number of carbonyl (C=O) groups is 2. The van der Waals surface area contributed by atoms with Crippen LogP contribution in [0.25, 0.3) is 0 Å². The normalized spacial score (nSPS) is 27.8. The number of amides is 2. The van der Waals surface area contributed by atoms with E-state index in [2.05, 4.69) is 12.2 Å². The van der Waals surface area contributed by atoms with Gasteiger partial charge in [-0.05, 0) is 50.7 Å². The van der Waals surface area contributed by atoms with Gasteiger partial charge >= 0.3 is 6.09 Å². The van der Waals surface area contributed by atoms with Crippen molar-refractivity contribution in [1.82, 2.24) is 10.2 Å². The maximum absolute atomic E-state index is 12.8. The van der Waals surface area contributed by atoms with Crippen molar-refractivity contribution in [3.63, 3.8) is 0 Å². The molecule has 0 spiro atoms. The Labute approximate surface area is 165 Å². The molecule has 28 heavy (non-hydrogen) atoms. The first-order valence-electron chi connectivity index (χ1n) is 9.92. The van der Waals surface area contributed by atoms with Crippen LogP contribution in [0.15, 0.2) is 18.2 Å². The van der Waals surface area contributed by atoms with Gasteiger partial charge in [0.25, 0.3) is 5.91 Å². The van der Waals surface area contributed by atoms with Crippen molar-refractivity contribution >= 4 is 12.0 Å². The van der Waals surface area contributed by atoms with E-state index >= 15 is 0 Å². The molecule has 4 rings (SSSR count). The van der Waals surface area contributed by atoms with Gasteiger partial charge in [-0.15, -0.1) is 0 Å². The summed E-state index contributed by atoms with van der Waals surface area (Å²) in [7, 11) is 0. The second-order valence-electron chi connectivity index (χ2n) is 8.84.